The highest BCUT2D eigenvalue weighted by Crippen LogP contribution is 2.22. The lowest BCUT2D eigenvalue weighted by atomic mass is 10.2. The van der Waals surface area contributed by atoms with E-state index in [-0.39, 0.29) is 12.4 Å². The Kier molecular flexibility index (Phi) is 4.60. The van der Waals surface area contributed by atoms with Gasteiger partial charge in [0, 0.05) is 10.7 Å². The van der Waals surface area contributed by atoms with Crippen LogP contribution in [0.1, 0.15) is 11.1 Å². The molecule has 0 bridgehead atoms. The van der Waals surface area contributed by atoms with Crippen molar-refractivity contribution in [3.63, 3.8) is 0 Å². The summed E-state index contributed by atoms with van der Waals surface area (Å²) in [6, 6.07) is 4.93. The minimum atomic E-state index is -4.12. The number of hydrogen-bond donors (Lipinski definition) is 2. The van der Waals surface area contributed by atoms with E-state index in [2.05, 4.69) is 25.6 Å². The van der Waals surface area contributed by atoms with E-state index in [1.807, 2.05) is 0 Å². The molecular formula is C13H12BrFN2O3S. The molecule has 112 valence electrons. The summed E-state index contributed by atoms with van der Waals surface area (Å²) in [6.45, 7) is 1.40. The van der Waals surface area contributed by atoms with Crippen LogP contribution < -0.4 is 4.72 Å². The van der Waals surface area contributed by atoms with Gasteiger partial charge in [0.2, 0.25) is 0 Å². The monoisotopic (exact) mass is 374 g/mol. The quantitative estimate of drug-likeness (QED) is 0.861. The SMILES string of the molecule is Cc1cc(NS(=O)(=O)c2cc(CO)ccc2F)ncc1Br. The smallest absolute Gasteiger partial charge is 0.265 e. The molecule has 0 amide bonds. The molecule has 0 atom stereocenters. The topological polar surface area (TPSA) is 79.3 Å². The van der Waals surface area contributed by atoms with Crippen molar-refractivity contribution >= 4 is 31.8 Å². The van der Waals surface area contributed by atoms with Gasteiger partial charge in [-0.1, -0.05) is 6.07 Å². The van der Waals surface area contributed by atoms with Crippen LogP contribution >= 0.6 is 15.9 Å². The van der Waals surface area contributed by atoms with Gasteiger partial charge in [-0.25, -0.2) is 17.8 Å². The molecule has 0 saturated heterocycles. The molecule has 0 aliphatic rings. The average Bonchev–Trinajstić information content (AvgIpc) is 2.43. The predicted octanol–water partition coefficient (Wildman–Crippen LogP) is 2.58. The zero-order valence-corrected chi connectivity index (χ0v) is 13.4. The molecule has 0 spiro atoms. The van der Waals surface area contributed by atoms with Crippen LogP contribution in [-0.4, -0.2) is 18.5 Å². The summed E-state index contributed by atoms with van der Waals surface area (Å²) >= 11 is 3.26. The Bertz CT molecular complexity index is 781. The maximum atomic E-state index is 13.7. The average molecular weight is 375 g/mol. The van der Waals surface area contributed by atoms with Crippen molar-refractivity contribution in [3.05, 3.63) is 51.9 Å². The molecule has 2 rings (SSSR count). The maximum Gasteiger partial charge on any atom is 0.265 e. The number of aliphatic hydroxyl groups excluding tert-OH is 1. The Morgan fingerprint density at radius 3 is 2.71 bits per heavy atom. The number of anilines is 1. The minimum absolute atomic E-state index is 0.0875. The number of aryl methyl sites for hydroxylation is 1. The molecular weight excluding hydrogens is 363 g/mol. The van der Waals surface area contributed by atoms with E-state index >= 15 is 0 Å². The van der Waals surface area contributed by atoms with Crippen LogP contribution in [0, 0.1) is 12.7 Å². The van der Waals surface area contributed by atoms with Gasteiger partial charge in [-0.15, -0.1) is 0 Å². The standard InChI is InChI=1S/C13H12BrFN2O3S/c1-8-4-13(16-6-10(8)14)17-21(19,20)12-5-9(7-18)2-3-11(12)15/h2-6,18H,7H2,1H3,(H,16,17). The summed E-state index contributed by atoms with van der Waals surface area (Å²) in [6.07, 6.45) is 1.45. The maximum absolute atomic E-state index is 13.7. The van der Waals surface area contributed by atoms with Crippen LogP contribution in [0.25, 0.3) is 0 Å². The third-order valence-electron chi connectivity index (χ3n) is 2.75. The van der Waals surface area contributed by atoms with Crippen LogP contribution in [0.3, 0.4) is 0 Å². The molecule has 21 heavy (non-hydrogen) atoms. The van der Waals surface area contributed by atoms with Crippen molar-refractivity contribution in [1.82, 2.24) is 4.98 Å². The fraction of sp³-hybridized carbons (Fsp3) is 0.154. The van der Waals surface area contributed by atoms with Crippen LogP contribution in [0.4, 0.5) is 10.2 Å². The molecule has 2 N–H and O–H groups in total. The third-order valence-corrected chi connectivity index (χ3v) is 4.95. The molecule has 0 aliphatic heterocycles. The van der Waals surface area contributed by atoms with E-state index in [0.29, 0.717) is 5.56 Å². The van der Waals surface area contributed by atoms with E-state index in [1.54, 1.807) is 6.92 Å². The van der Waals surface area contributed by atoms with Crippen LogP contribution in [0.15, 0.2) is 39.8 Å². The summed E-state index contributed by atoms with van der Waals surface area (Å²) in [7, 11) is -4.12. The van der Waals surface area contributed by atoms with Crippen molar-refractivity contribution in [2.45, 2.75) is 18.4 Å². The molecule has 1 heterocycles. The van der Waals surface area contributed by atoms with Gasteiger partial charge in [-0.2, -0.15) is 0 Å². The highest BCUT2D eigenvalue weighted by atomic mass is 79.9. The molecule has 1 aromatic heterocycles. The molecule has 0 saturated carbocycles. The van der Waals surface area contributed by atoms with Crippen LogP contribution in [-0.2, 0) is 16.6 Å². The lowest BCUT2D eigenvalue weighted by Gasteiger charge is -2.10. The summed E-state index contributed by atoms with van der Waals surface area (Å²) in [5.74, 6) is -0.807. The van der Waals surface area contributed by atoms with Gasteiger partial charge in [-0.05, 0) is 52.2 Å². The molecule has 0 fully saturated rings. The second-order valence-corrected chi connectivity index (χ2v) is 6.85. The number of sulfonamides is 1. The first-order valence-corrected chi connectivity index (χ1v) is 8.15. The number of nitrogens with one attached hydrogen (secondary N) is 1. The Balaban J connectivity index is 2.40. The molecule has 0 unspecified atom stereocenters. The first kappa shape index (κ1) is 15.9. The van der Waals surface area contributed by atoms with E-state index in [9.17, 15) is 12.8 Å². The molecule has 5 nitrogen and oxygen atoms in total. The van der Waals surface area contributed by atoms with Gasteiger partial charge >= 0.3 is 0 Å². The summed E-state index contributed by atoms with van der Waals surface area (Å²) in [4.78, 5) is 3.38. The van der Waals surface area contributed by atoms with Crippen molar-refractivity contribution in [3.8, 4) is 0 Å². The minimum Gasteiger partial charge on any atom is -0.392 e. The summed E-state index contributed by atoms with van der Waals surface area (Å²) in [5, 5.41) is 9.02. The van der Waals surface area contributed by atoms with Gasteiger partial charge in [0.25, 0.3) is 10.0 Å². The lowest BCUT2D eigenvalue weighted by molar-refractivity contribution is 0.281. The Morgan fingerprint density at radius 1 is 1.38 bits per heavy atom. The van der Waals surface area contributed by atoms with Crippen LogP contribution in [0.5, 0.6) is 0 Å². The Hall–Kier alpha value is -1.51. The van der Waals surface area contributed by atoms with E-state index in [0.717, 1.165) is 22.2 Å². The normalized spacial score (nSPS) is 11.4. The second kappa shape index (κ2) is 6.08. The van der Waals surface area contributed by atoms with E-state index in [4.69, 9.17) is 5.11 Å². The largest absolute Gasteiger partial charge is 0.392 e. The number of pyridine rings is 1. The Labute approximate surface area is 130 Å². The van der Waals surface area contributed by atoms with E-state index in [1.165, 1.54) is 18.3 Å². The third kappa shape index (κ3) is 3.58. The number of benzene rings is 1. The van der Waals surface area contributed by atoms with Crippen molar-refractivity contribution in [2.75, 3.05) is 4.72 Å². The zero-order chi connectivity index (χ0) is 15.6. The molecule has 8 heteroatoms. The number of rotatable bonds is 4. The first-order valence-electron chi connectivity index (χ1n) is 5.88. The second-order valence-electron chi connectivity index (χ2n) is 4.35. The molecule has 0 radical (unpaired) electrons. The fourth-order valence-electron chi connectivity index (χ4n) is 1.64. The first-order chi connectivity index (χ1) is 9.83. The summed E-state index contributed by atoms with van der Waals surface area (Å²) < 4.78 is 41.1. The number of hydrogen-bond acceptors (Lipinski definition) is 4. The van der Waals surface area contributed by atoms with Crippen molar-refractivity contribution in [1.29, 1.82) is 0 Å². The van der Waals surface area contributed by atoms with Gasteiger partial charge < -0.3 is 5.11 Å². The highest BCUT2D eigenvalue weighted by molar-refractivity contribution is 9.10. The number of aromatic nitrogens is 1. The zero-order valence-electron chi connectivity index (χ0n) is 11.0. The number of halogens is 2. The highest BCUT2D eigenvalue weighted by Gasteiger charge is 2.20. The van der Waals surface area contributed by atoms with Crippen molar-refractivity contribution in [2.24, 2.45) is 0 Å². The van der Waals surface area contributed by atoms with Gasteiger partial charge in [0.05, 0.1) is 6.61 Å². The number of nitrogens with zero attached hydrogens (tertiary/aromatic N) is 1. The fourth-order valence-corrected chi connectivity index (χ4v) is 2.98. The molecule has 0 aliphatic carbocycles. The Morgan fingerprint density at radius 2 is 2.10 bits per heavy atom. The summed E-state index contributed by atoms with van der Waals surface area (Å²) in [5.41, 5.74) is 1.09. The van der Waals surface area contributed by atoms with Gasteiger partial charge in [0.1, 0.15) is 16.5 Å². The lowest BCUT2D eigenvalue weighted by Crippen LogP contribution is -2.16. The number of aliphatic hydroxyl groups is 1. The van der Waals surface area contributed by atoms with E-state index < -0.39 is 20.7 Å². The van der Waals surface area contributed by atoms with Crippen LogP contribution in [0.2, 0.25) is 0 Å². The molecule has 1 aromatic carbocycles. The van der Waals surface area contributed by atoms with Crippen molar-refractivity contribution < 1.29 is 17.9 Å². The predicted molar refractivity (Wildman–Crippen MR) is 79.8 cm³/mol. The molecule has 2 aromatic rings. The van der Waals surface area contributed by atoms with Gasteiger partial charge in [0.15, 0.2) is 0 Å². The van der Waals surface area contributed by atoms with Gasteiger partial charge in [-0.3, -0.25) is 4.72 Å².